The summed E-state index contributed by atoms with van der Waals surface area (Å²) in [6, 6.07) is -0.116. The maximum absolute atomic E-state index is 11.9. The Morgan fingerprint density at radius 1 is 1.42 bits per heavy atom. The van der Waals surface area contributed by atoms with E-state index in [0.29, 0.717) is 0 Å². The van der Waals surface area contributed by atoms with E-state index in [0.717, 1.165) is 38.3 Å². The summed E-state index contributed by atoms with van der Waals surface area (Å²) in [5, 5.41) is 3.34. The largest absolute Gasteiger partial charge is 0.368 e. The second-order valence-corrected chi connectivity index (χ2v) is 5.26. The SMILES string of the molecule is CC(C)n1cncc1C(C(N)=O)N1CCCNCC1. The van der Waals surface area contributed by atoms with Gasteiger partial charge in [-0.1, -0.05) is 0 Å². The molecular formula is C13H23N5O. The van der Waals surface area contributed by atoms with Crippen LogP contribution >= 0.6 is 0 Å². The van der Waals surface area contributed by atoms with E-state index in [-0.39, 0.29) is 18.0 Å². The van der Waals surface area contributed by atoms with Crippen LogP contribution in [0.1, 0.15) is 38.0 Å². The van der Waals surface area contributed by atoms with Gasteiger partial charge in [0.25, 0.3) is 0 Å². The zero-order valence-corrected chi connectivity index (χ0v) is 11.7. The predicted molar refractivity (Wildman–Crippen MR) is 73.6 cm³/mol. The van der Waals surface area contributed by atoms with E-state index >= 15 is 0 Å². The summed E-state index contributed by atoms with van der Waals surface area (Å²) in [6.45, 7) is 7.74. The summed E-state index contributed by atoms with van der Waals surface area (Å²) >= 11 is 0. The van der Waals surface area contributed by atoms with E-state index in [9.17, 15) is 4.79 Å². The van der Waals surface area contributed by atoms with Crippen molar-refractivity contribution in [3.8, 4) is 0 Å². The van der Waals surface area contributed by atoms with E-state index in [1.807, 2.05) is 4.57 Å². The number of nitrogens with zero attached hydrogens (tertiary/aromatic N) is 3. The summed E-state index contributed by atoms with van der Waals surface area (Å²) in [5.74, 6) is -0.302. The van der Waals surface area contributed by atoms with Gasteiger partial charge in [0.1, 0.15) is 6.04 Å². The van der Waals surface area contributed by atoms with Gasteiger partial charge in [-0.15, -0.1) is 0 Å². The van der Waals surface area contributed by atoms with E-state index in [4.69, 9.17) is 5.73 Å². The van der Waals surface area contributed by atoms with Gasteiger partial charge in [0.2, 0.25) is 5.91 Å². The molecule has 1 aromatic heterocycles. The molecule has 1 saturated heterocycles. The summed E-state index contributed by atoms with van der Waals surface area (Å²) < 4.78 is 2.02. The van der Waals surface area contributed by atoms with Crippen LogP contribution < -0.4 is 11.1 Å². The van der Waals surface area contributed by atoms with Crippen molar-refractivity contribution >= 4 is 5.91 Å². The van der Waals surface area contributed by atoms with Crippen LogP contribution in [0.25, 0.3) is 0 Å². The number of carbonyl (C=O) groups excluding carboxylic acids is 1. The molecule has 1 atom stereocenters. The molecule has 1 amide bonds. The summed E-state index contributed by atoms with van der Waals surface area (Å²) in [7, 11) is 0. The lowest BCUT2D eigenvalue weighted by atomic mass is 10.1. The van der Waals surface area contributed by atoms with Crippen molar-refractivity contribution in [3.63, 3.8) is 0 Å². The first kappa shape index (κ1) is 14.0. The molecule has 1 aromatic rings. The summed E-state index contributed by atoms with van der Waals surface area (Å²) in [4.78, 5) is 18.2. The fourth-order valence-corrected chi connectivity index (χ4v) is 2.60. The highest BCUT2D eigenvalue weighted by atomic mass is 16.1. The van der Waals surface area contributed by atoms with E-state index in [1.54, 1.807) is 12.5 Å². The molecular weight excluding hydrogens is 242 g/mol. The highest BCUT2D eigenvalue weighted by Gasteiger charge is 2.29. The van der Waals surface area contributed by atoms with Crippen LogP contribution in [-0.4, -0.2) is 46.5 Å². The Kier molecular flexibility index (Phi) is 4.55. The third-order valence-corrected chi connectivity index (χ3v) is 3.54. The fraction of sp³-hybridized carbons (Fsp3) is 0.692. The van der Waals surface area contributed by atoms with E-state index < -0.39 is 0 Å². The number of primary amides is 1. The minimum Gasteiger partial charge on any atom is -0.368 e. The normalized spacial score (nSPS) is 19.3. The monoisotopic (exact) mass is 265 g/mol. The number of carbonyl (C=O) groups is 1. The van der Waals surface area contributed by atoms with Gasteiger partial charge in [0.15, 0.2) is 0 Å². The number of nitrogens with one attached hydrogen (secondary N) is 1. The Balaban J connectivity index is 2.28. The first-order chi connectivity index (χ1) is 9.11. The van der Waals surface area contributed by atoms with Crippen molar-refractivity contribution in [1.29, 1.82) is 0 Å². The van der Waals surface area contributed by atoms with E-state index in [1.165, 1.54) is 0 Å². The van der Waals surface area contributed by atoms with Crippen molar-refractivity contribution in [2.45, 2.75) is 32.4 Å². The molecule has 3 N–H and O–H groups in total. The van der Waals surface area contributed by atoms with Crippen molar-refractivity contribution < 1.29 is 4.79 Å². The number of hydrogen-bond donors (Lipinski definition) is 2. The van der Waals surface area contributed by atoms with Gasteiger partial charge in [-0.25, -0.2) is 4.98 Å². The number of imidazole rings is 1. The first-order valence-corrected chi connectivity index (χ1v) is 6.87. The van der Waals surface area contributed by atoms with Crippen molar-refractivity contribution in [2.75, 3.05) is 26.2 Å². The molecule has 2 heterocycles. The Hall–Kier alpha value is -1.40. The van der Waals surface area contributed by atoms with Crippen LogP contribution in [-0.2, 0) is 4.79 Å². The molecule has 0 aliphatic carbocycles. The number of rotatable bonds is 4. The molecule has 0 saturated carbocycles. The zero-order valence-electron chi connectivity index (χ0n) is 11.7. The second kappa shape index (κ2) is 6.16. The number of hydrogen-bond acceptors (Lipinski definition) is 4. The van der Waals surface area contributed by atoms with Gasteiger partial charge in [0, 0.05) is 25.7 Å². The molecule has 0 bridgehead atoms. The number of nitrogens with two attached hydrogens (primary N) is 1. The molecule has 6 nitrogen and oxygen atoms in total. The van der Waals surface area contributed by atoms with Gasteiger partial charge in [-0.3, -0.25) is 9.69 Å². The average molecular weight is 265 g/mol. The van der Waals surface area contributed by atoms with Crippen LogP contribution in [0.15, 0.2) is 12.5 Å². The average Bonchev–Trinajstić information content (AvgIpc) is 2.66. The molecule has 2 rings (SSSR count). The Morgan fingerprint density at radius 2 is 2.21 bits per heavy atom. The van der Waals surface area contributed by atoms with Gasteiger partial charge >= 0.3 is 0 Å². The van der Waals surface area contributed by atoms with Gasteiger partial charge in [-0.05, 0) is 26.8 Å². The maximum atomic E-state index is 11.9. The van der Waals surface area contributed by atoms with Crippen molar-refractivity contribution in [1.82, 2.24) is 19.8 Å². The van der Waals surface area contributed by atoms with Crippen LogP contribution in [0, 0.1) is 0 Å². The fourth-order valence-electron chi connectivity index (χ4n) is 2.60. The Morgan fingerprint density at radius 3 is 2.89 bits per heavy atom. The third kappa shape index (κ3) is 3.13. The van der Waals surface area contributed by atoms with Gasteiger partial charge < -0.3 is 15.6 Å². The molecule has 19 heavy (non-hydrogen) atoms. The molecule has 106 valence electrons. The highest BCUT2D eigenvalue weighted by molar-refractivity contribution is 5.81. The zero-order chi connectivity index (χ0) is 13.8. The minimum atomic E-state index is -0.384. The number of aromatic nitrogens is 2. The minimum absolute atomic E-state index is 0.268. The second-order valence-electron chi connectivity index (χ2n) is 5.26. The third-order valence-electron chi connectivity index (χ3n) is 3.54. The number of amides is 1. The molecule has 6 heteroatoms. The highest BCUT2D eigenvalue weighted by Crippen LogP contribution is 2.23. The van der Waals surface area contributed by atoms with Crippen LogP contribution in [0.3, 0.4) is 0 Å². The lowest BCUT2D eigenvalue weighted by molar-refractivity contribution is -0.123. The molecule has 1 aliphatic heterocycles. The van der Waals surface area contributed by atoms with E-state index in [2.05, 4.69) is 29.0 Å². The Bertz CT molecular complexity index is 420. The quantitative estimate of drug-likeness (QED) is 0.820. The first-order valence-electron chi connectivity index (χ1n) is 6.87. The summed E-state index contributed by atoms with van der Waals surface area (Å²) in [5.41, 5.74) is 6.53. The van der Waals surface area contributed by atoms with Crippen LogP contribution in [0.2, 0.25) is 0 Å². The van der Waals surface area contributed by atoms with Crippen molar-refractivity contribution in [2.24, 2.45) is 5.73 Å². The maximum Gasteiger partial charge on any atom is 0.240 e. The van der Waals surface area contributed by atoms with Gasteiger partial charge in [-0.2, -0.15) is 0 Å². The molecule has 0 spiro atoms. The lowest BCUT2D eigenvalue weighted by Crippen LogP contribution is -2.40. The van der Waals surface area contributed by atoms with Crippen LogP contribution in [0.5, 0.6) is 0 Å². The molecule has 0 radical (unpaired) electrons. The predicted octanol–water partition coefficient (Wildman–Crippen LogP) is 0.286. The summed E-state index contributed by atoms with van der Waals surface area (Å²) in [6.07, 6.45) is 4.55. The van der Waals surface area contributed by atoms with Crippen LogP contribution in [0.4, 0.5) is 0 Å². The molecule has 1 fully saturated rings. The molecule has 1 unspecified atom stereocenters. The van der Waals surface area contributed by atoms with Gasteiger partial charge in [0.05, 0.1) is 18.2 Å². The Labute approximate surface area is 114 Å². The smallest absolute Gasteiger partial charge is 0.240 e. The topological polar surface area (TPSA) is 76.2 Å². The molecule has 1 aliphatic rings. The molecule has 0 aromatic carbocycles. The standard InChI is InChI=1S/C13H23N5O/c1-10(2)18-9-16-8-11(18)12(13(14)19)17-6-3-4-15-5-7-17/h8-10,12,15H,3-7H2,1-2H3,(H2,14,19). The van der Waals surface area contributed by atoms with Crippen molar-refractivity contribution in [3.05, 3.63) is 18.2 Å². The lowest BCUT2D eigenvalue weighted by Gasteiger charge is -2.29.